The topological polar surface area (TPSA) is 132 Å². The van der Waals surface area contributed by atoms with Gasteiger partial charge in [-0.05, 0) is 48.2 Å². The maximum Gasteiger partial charge on any atom is 0.261 e. The predicted octanol–water partition coefficient (Wildman–Crippen LogP) is 6.05. The summed E-state index contributed by atoms with van der Waals surface area (Å²) in [6.07, 6.45) is 1.78. The van der Waals surface area contributed by atoms with Crippen molar-refractivity contribution in [2.45, 2.75) is 65.7 Å². The highest BCUT2D eigenvalue weighted by Crippen LogP contribution is 2.27. The molecule has 2 saturated heterocycles. The largest absolute Gasteiger partial charge is 0.395 e. The summed E-state index contributed by atoms with van der Waals surface area (Å²) >= 11 is 0. The lowest BCUT2D eigenvalue weighted by Gasteiger charge is -2.39. The number of rotatable bonds is 17. The highest BCUT2D eigenvalue weighted by atomic mass is 16.5. The van der Waals surface area contributed by atoms with Crippen LogP contribution in [0.5, 0.6) is 0 Å². The Morgan fingerprint density at radius 1 is 0.523 bits per heavy atom. The van der Waals surface area contributed by atoms with Gasteiger partial charge in [-0.1, -0.05) is 113 Å². The SMILES string of the molecule is CC.CCC(c1nc2ccccc2c(=O)n1Cc1ccccc1)N1CCN(CCO)CC1.CCC(c1nc2ccccc2c(=O)n1Cc1ccccc1)N1CCN(CCOCCO)CC1. The molecule has 2 aliphatic heterocycles. The van der Waals surface area contributed by atoms with Gasteiger partial charge in [0.15, 0.2) is 0 Å². The van der Waals surface area contributed by atoms with E-state index in [1.54, 1.807) is 0 Å². The Kier molecular flexibility index (Phi) is 19.4. The van der Waals surface area contributed by atoms with Crippen LogP contribution in [0.4, 0.5) is 0 Å². The summed E-state index contributed by atoms with van der Waals surface area (Å²) in [4.78, 5) is 46.6. The maximum atomic E-state index is 13.5. The van der Waals surface area contributed by atoms with Crippen LogP contribution in [0, 0.1) is 0 Å². The summed E-state index contributed by atoms with van der Waals surface area (Å²) in [5.41, 5.74) is 3.77. The van der Waals surface area contributed by atoms with E-state index in [9.17, 15) is 14.7 Å². The smallest absolute Gasteiger partial charge is 0.261 e. The van der Waals surface area contributed by atoms with Crippen LogP contribution in [-0.2, 0) is 17.8 Å². The third-order valence-electron chi connectivity index (χ3n) is 12.4. The van der Waals surface area contributed by atoms with Gasteiger partial charge in [-0.3, -0.25) is 38.3 Å². The summed E-state index contributed by atoms with van der Waals surface area (Å²) in [6.45, 7) is 19.7. The normalized spacial score (nSPS) is 16.1. The molecule has 13 heteroatoms. The predicted molar refractivity (Wildman–Crippen MR) is 262 cm³/mol. The lowest BCUT2D eigenvalue weighted by Crippen LogP contribution is -2.49. The molecule has 6 aromatic rings. The number of ether oxygens (including phenoxy) is 1. The highest BCUT2D eigenvalue weighted by Gasteiger charge is 2.29. The fraction of sp³-hybridized carbons (Fsp3) is 0.462. The molecular formula is C52H70N8O5. The van der Waals surface area contributed by atoms with Crippen molar-refractivity contribution >= 4 is 21.8 Å². The molecule has 0 saturated carbocycles. The summed E-state index contributed by atoms with van der Waals surface area (Å²) in [7, 11) is 0. The van der Waals surface area contributed by atoms with Gasteiger partial charge in [0.2, 0.25) is 0 Å². The second-order valence-corrected chi connectivity index (χ2v) is 16.4. The van der Waals surface area contributed by atoms with E-state index in [0.29, 0.717) is 37.1 Å². The van der Waals surface area contributed by atoms with Crippen molar-refractivity contribution in [3.63, 3.8) is 0 Å². The molecule has 0 aliphatic carbocycles. The number of aliphatic hydroxyl groups excluding tert-OH is 2. The third kappa shape index (κ3) is 12.8. The average Bonchev–Trinajstić information content (AvgIpc) is 3.36. The first-order chi connectivity index (χ1) is 31.9. The minimum absolute atomic E-state index is 0.0248. The third-order valence-corrected chi connectivity index (χ3v) is 12.4. The van der Waals surface area contributed by atoms with Crippen molar-refractivity contribution in [2.24, 2.45) is 0 Å². The van der Waals surface area contributed by atoms with Crippen LogP contribution >= 0.6 is 0 Å². The number of benzene rings is 4. The Morgan fingerprint density at radius 2 is 0.923 bits per heavy atom. The summed E-state index contributed by atoms with van der Waals surface area (Å²) in [5.74, 6) is 1.70. The molecule has 0 amide bonds. The van der Waals surface area contributed by atoms with Crippen molar-refractivity contribution in [3.05, 3.63) is 153 Å². The van der Waals surface area contributed by atoms with Crippen LogP contribution in [0.3, 0.4) is 0 Å². The molecule has 348 valence electrons. The van der Waals surface area contributed by atoms with Gasteiger partial charge in [0.1, 0.15) is 11.6 Å². The van der Waals surface area contributed by atoms with Gasteiger partial charge >= 0.3 is 0 Å². The molecule has 2 atom stereocenters. The number of β-amino-alcohol motifs (C(OH)–C–C–N with tert-alkyl or cyclic N) is 1. The molecule has 65 heavy (non-hydrogen) atoms. The first-order valence-corrected chi connectivity index (χ1v) is 23.7. The zero-order chi connectivity index (χ0) is 46.0. The first kappa shape index (κ1) is 49.3. The number of aromatic nitrogens is 4. The summed E-state index contributed by atoms with van der Waals surface area (Å²) in [5, 5.41) is 19.4. The minimum Gasteiger partial charge on any atom is -0.395 e. The second kappa shape index (κ2) is 25.5. The summed E-state index contributed by atoms with van der Waals surface area (Å²) in [6, 6.07) is 35.7. The Hall–Kier alpha value is -5.12. The molecule has 0 bridgehead atoms. The van der Waals surface area contributed by atoms with E-state index in [-0.39, 0.29) is 36.4 Å². The molecule has 2 aromatic heterocycles. The molecule has 0 spiro atoms. The molecule has 2 fully saturated rings. The molecule has 2 N–H and O–H groups in total. The fourth-order valence-corrected chi connectivity index (χ4v) is 9.02. The minimum atomic E-state index is 0.0248. The van der Waals surface area contributed by atoms with Gasteiger partial charge in [-0.25, -0.2) is 9.97 Å². The molecule has 0 radical (unpaired) electrons. The Labute approximate surface area is 384 Å². The van der Waals surface area contributed by atoms with Gasteiger partial charge in [0.25, 0.3) is 11.1 Å². The maximum absolute atomic E-state index is 13.5. The first-order valence-electron chi connectivity index (χ1n) is 23.7. The van der Waals surface area contributed by atoms with Crippen LogP contribution in [0.15, 0.2) is 119 Å². The molecule has 2 unspecified atom stereocenters. The number of piperazine rings is 2. The number of hydrogen-bond acceptors (Lipinski definition) is 11. The molecule has 4 aromatic carbocycles. The Bertz CT molecular complexity index is 2450. The molecule has 2 aliphatic rings. The van der Waals surface area contributed by atoms with E-state index < -0.39 is 0 Å². The van der Waals surface area contributed by atoms with Crippen LogP contribution in [-0.4, -0.2) is 141 Å². The molecule has 13 nitrogen and oxygen atoms in total. The van der Waals surface area contributed by atoms with E-state index in [2.05, 4.69) is 57.7 Å². The number of fused-ring (bicyclic) bond motifs is 2. The Morgan fingerprint density at radius 3 is 1.32 bits per heavy atom. The van der Waals surface area contributed by atoms with Crippen LogP contribution in [0.25, 0.3) is 21.8 Å². The quantitative estimate of drug-likeness (QED) is 0.104. The van der Waals surface area contributed by atoms with E-state index in [1.165, 1.54) is 0 Å². The van der Waals surface area contributed by atoms with Gasteiger partial charge in [-0.15, -0.1) is 0 Å². The van der Waals surface area contributed by atoms with Crippen molar-refractivity contribution in [1.29, 1.82) is 0 Å². The standard InChI is InChI=1S/C26H34N4O3.C24H30N4O2.C2H6/c1-2-24(29-14-12-28(13-15-29)16-18-33-19-17-31)25-27-23-11-7-6-10-22(23)26(32)30(25)20-21-8-4-3-5-9-21;1-2-22(27-14-12-26(13-15-27)16-17-29)23-25-21-11-7-6-10-20(21)24(30)28(23)18-19-8-4-3-5-9-19;1-2/h3-11,24,31H,2,12-20H2,1H3;3-11,22,29H,2,12-18H2,1H3;1-2H3. The van der Waals surface area contributed by atoms with Gasteiger partial charge in [0.05, 0.1) is 73.4 Å². The van der Waals surface area contributed by atoms with Crippen molar-refractivity contribution in [3.8, 4) is 0 Å². The average molecular weight is 887 g/mol. The van der Waals surface area contributed by atoms with Crippen LogP contribution in [0.2, 0.25) is 0 Å². The van der Waals surface area contributed by atoms with Crippen LogP contribution in [0.1, 0.15) is 75.4 Å². The van der Waals surface area contributed by atoms with E-state index in [0.717, 1.165) is 112 Å². The van der Waals surface area contributed by atoms with E-state index in [4.69, 9.17) is 19.8 Å². The van der Waals surface area contributed by atoms with Crippen LogP contribution < -0.4 is 11.1 Å². The summed E-state index contributed by atoms with van der Waals surface area (Å²) < 4.78 is 9.17. The van der Waals surface area contributed by atoms with Gasteiger partial charge in [0, 0.05) is 65.4 Å². The number of hydrogen-bond donors (Lipinski definition) is 2. The zero-order valence-corrected chi connectivity index (χ0v) is 39.0. The molecular weight excluding hydrogens is 817 g/mol. The van der Waals surface area contributed by atoms with Crippen molar-refractivity contribution in [2.75, 3.05) is 91.9 Å². The second-order valence-electron chi connectivity index (χ2n) is 16.4. The van der Waals surface area contributed by atoms with Crippen molar-refractivity contribution in [1.82, 2.24) is 38.7 Å². The molecule has 4 heterocycles. The van der Waals surface area contributed by atoms with Gasteiger partial charge < -0.3 is 14.9 Å². The zero-order valence-electron chi connectivity index (χ0n) is 39.0. The fourth-order valence-electron chi connectivity index (χ4n) is 9.02. The number of para-hydroxylation sites is 2. The van der Waals surface area contributed by atoms with E-state index >= 15 is 0 Å². The highest BCUT2D eigenvalue weighted by molar-refractivity contribution is 5.78. The molecule has 8 rings (SSSR count). The van der Waals surface area contributed by atoms with E-state index in [1.807, 2.05) is 108 Å². The van der Waals surface area contributed by atoms with Gasteiger partial charge in [-0.2, -0.15) is 0 Å². The lowest BCUT2D eigenvalue weighted by molar-refractivity contribution is 0.0460. The van der Waals surface area contributed by atoms with Crippen molar-refractivity contribution < 1.29 is 14.9 Å². The lowest BCUT2D eigenvalue weighted by atomic mass is 10.1. The number of aliphatic hydroxyl groups is 2. The Balaban J connectivity index is 0.000000208. The monoisotopic (exact) mass is 887 g/mol. The number of nitrogens with zero attached hydrogens (tertiary/aromatic N) is 8.